The van der Waals surface area contributed by atoms with Crippen molar-refractivity contribution in [1.29, 1.82) is 0 Å². The second kappa shape index (κ2) is 7.53. The normalized spacial score (nSPS) is 17.2. The highest BCUT2D eigenvalue weighted by Crippen LogP contribution is 2.18. The lowest BCUT2D eigenvalue weighted by molar-refractivity contribution is 0.139. The molecule has 1 fully saturated rings. The lowest BCUT2D eigenvalue weighted by Crippen LogP contribution is -2.47. The van der Waals surface area contributed by atoms with E-state index in [1.165, 1.54) is 12.1 Å². The number of piperazine rings is 1. The molecule has 1 aromatic heterocycles. The van der Waals surface area contributed by atoms with Crippen molar-refractivity contribution in [1.82, 2.24) is 9.88 Å². The number of hydrogen-bond donors (Lipinski definition) is 1. The molecule has 0 saturated carbocycles. The zero-order valence-electron chi connectivity index (χ0n) is 13.1. The van der Waals surface area contributed by atoms with E-state index < -0.39 is 6.10 Å². The van der Waals surface area contributed by atoms with Crippen LogP contribution < -0.4 is 4.90 Å². The van der Waals surface area contributed by atoms with Crippen LogP contribution in [-0.2, 0) is 0 Å². The molecule has 1 aliphatic rings. The van der Waals surface area contributed by atoms with Crippen LogP contribution in [0, 0.1) is 5.82 Å². The van der Waals surface area contributed by atoms with Gasteiger partial charge in [0.05, 0.1) is 6.10 Å². The molecule has 1 aliphatic heterocycles. The van der Waals surface area contributed by atoms with Crippen molar-refractivity contribution in [2.45, 2.75) is 12.5 Å². The average molecular weight is 315 g/mol. The summed E-state index contributed by atoms with van der Waals surface area (Å²) in [6.07, 6.45) is 1.94. The molecule has 0 aliphatic carbocycles. The SMILES string of the molecule is OC(CCN1CCN(c2ccccn2)CC1)c1ccc(F)cc1. The molecule has 5 heteroatoms. The molecule has 2 heterocycles. The minimum absolute atomic E-state index is 0.272. The number of hydrogen-bond acceptors (Lipinski definition) is 4. The van der Waals surface area contributed by atoms with Gasteiger partial charge in [-0.05, 0) is 36.2 Å². The van der Waals surface area contributed by atoms with E-state index >= 15 is 0 Å². The highest BCUT2D eigenvalue weighted by molar-refractivity contribution is 5.38. The number of benzene rings is 1. The van der Waals surface area contributed by atoms with Gasteiger partial charge in [0.2, 0.25) is 0 Å². The van der Waals surface area contributed by atoms with Crippen LogP contribution in [-0.4, -0.2) is 47.7 Å². The summed E-state index contributed by atoms with van der Waals surface area (Å²) < 4.78 is 12.9. The predicted molar refractivity (Wildman–Crippen MR) is 88.9 cm³/mol. The van der Waals surface area contributed by atoms with Crippen LogP contribution in [0.5, 0.6) is 0 Å². The fraction of sp³-hybridized carbons (Fsp3) is 0.389. The zero-order chi connectivity index (χ0) is 16.1. The van der Waals surface area contributed by atoms with Gasteiger partial charge in [0.25, 0.3) is 0 Å². The number of halogens is 1. The Labute approximate surface area is 136 Å². The minimum atomic E-state index is -0.538. The van der Waals surface area contributed by atoms with Gasteiger partial charge in [0, 0.05) is 38.9 Å². The Bertz CT molecular complexity index is 597. The summed E-state index contributed by atoms with van der Waals surface area (Å²) in [6.45, 7) is 4.67. The molecule has 0 spiro atoms. The van der Waals surface area contributed by atoms with Crippen molar-refractivity contribution in [2.24, 2.45) is 0 Å². The molecule has 1 saturated heterocycles. The quantitative estimate of drug-likeness (QED) is 0.920. The molecule has 1 unspecified atom stereocenters. The fourth-order valence-corrected chi connectivity index (χ4v) is 2.90. The zero-order valence-corrected chi connectivity index (χ0v) is 13.1. The maximum Gasteiger partial charge on any atom is 0.128 e. The molecule has 23 heavy (non-hydrogen) atoms. The van der Waals surface area contributed by atoms with Crippen LogP contribution >= 0.6 is 0 Å². The van der Waals surface area contributed by atoms with Crippen molar-refractivity contribution >= 4 is 5.82 Å². The van der Waals surface area contributed by atoms with E-state index in [0.717, 1.165) is 44.1 Å². The number of anilines is 1. The molecular formula is C18H22FN3O. The van der Waals surface area contributed by atoms with E-state index in [1.807, 2.05) is 24.4 Å². The molecule has 1 atom stereocenters. The Balaban J connectivity index is 1.45. The Morgan fingerprint density at radius 2 is 1.78 bits per heavy atom. The number of aliphatic hydroxyl groups is 1. The number of pyridine rings is 1. The molecule has 0 radical (unpaired) electrons. The molecule has 0 bridgehead atoms. The van der Waals surface area contributed by atoms with E-state index in [1.54, 1.807) is 12.1 Å². The Morgan fingerprint density at radius 1 is 1.04 bits per heavy atom. The highest BCUT2D eigenvalue weighted by atomic mass is 19.1. The summed E-state index contributed by atoms with van der Waals surface area (Å²) >= 11 is 0. The van der Waals surface area contributed by atoms with Crippen LogP contribution in [0.3, 0.4) is 0 Å². The van der Waals surface area contributed by atoms with Gasteiger partial charge < -0.3 is 10.0 Å². The number of rotatable bonds is 5. The first kappa shape index (κ1) is 15.9. The number of aromatic nitrogens is 1. The van der Waals surface area contributed by atoms with E-state index in [4.69, 9.17) is 0 Å². The van der Waals surface area contributed by atoms with Gasteiger partial charge in [-0.25, -0.2) is 9.37 Å². The van der Waals surface area contributed by atoms with E-state index in [-0.39, 0.29) is 5.82 Å². The lowest BCUT2D eigenvalue weighted by Gasteiger charge is -2.35. The average Bonchev–Trinajstić information content (AvgIpc) is 2.61. The van der Waals surface area contributed by atoms with Gasteiger partial charge in [0.15, 0.2) is 0 Å². The summed E-state index contributed by atoms with van der Waals surface area (Å²) in [7, 11) is 0. The molecule has 0 amide bonds. The summed E-state index contributed by atoms with van der Waals surface area (Å²) in [6, 6.07) is 12.1. The fourth-order valence-electron chi connectivity index (χ4n) is 2.90. The Hall–Kier alpha value is -1.98. The van der Waals surface area contributed by atoms with Crippen molar-refractivity contribution in [3.63, 3.8) is 0 Å². The van der Waals surface area contributed by atoms with Crippen molar-refractivity contribution in [3.8, 4) is 0 Å². The van der Waals surface area contributed by atoms with Gasteiger partial charge in [-0.1, -0.05) is 18.2 Å². The van der Waals surface area contributed by atoms with Crippen LogP contribution in [0.15, 0.2) is 48.7 Å². The third-order valence-corrected chi connectivity index (χ3v) is 4.32. The largest absolute Gasteiger partial charge is 0.388 e. The molecular weight excluding hydrogens is 293 g/mol. The van der Waals surface area contributed by atoms with E-state index in [2.05, 4.69) is 14.8 Å². The topological polar surface area (TPSA) is 39.6 Å². The van der Waals surface area contributed by atoms with Crippen LogP contribution in [0.1, 0.15) is 18.1 Å². The van der Waals surface area contributed by atoms with Gasteiger partial charge in [0.1, 0.15) is 11.6 Å². The summed E-state index contributed by atoms with van der Waals surface area (Å²) in [4.78, 5) is 9.02. The number of aliphatic hydroxyl groups excluding tert-OH is 1. The first-order valence-corrected chi connectivity index (χ1v) is 8.04. The summed E-state index contributed by atoms with van der Waals surface area (Å²) in [5.74, 6) is 0.755. The third-order valence-electron chi connectivity index (χ3n) is 4.32. The standard InChI is InChI=1S/C18H22FN3O/c19-16-6-4-15(5-7-16)17(23)8-10-21-11-13-22(14-12-21)18-3-1-2-9-20-18/h1-7,9,17,23H,8,10-14H2. The molecule has 4 nitrogen and oxygen atoms in total. The molecule has 1 N–H and O–H groups in total. The van der Waals surface area contributed by atoms with Crippen molar-refractivity contribution in [3.05, 3.63) is 60.0 Å². The monoisotopic (exact) mass is 315 g/mol. The number of nitrogens with zero attached hydrogens (tertiary/aromatic N) is 3. The van der Waals surface area contributed by atoms with Crippen molar-refractivity contribution < 1.29 is 9.50 Å². The van der Waals surface area contributed by atoms with Crippen LogP contribution in [0.2, 0.25) is 0 Å². The van der Waals surface area contributed by atoms with Gasteiger partial charge in [-0.15, -0.1) is 0 Å². The molecule has 2 aromatic rings. The predicted octanol–water partition coefficient (Wildman–Crippen LogP) is 2.47. The van der Waals surface area contributed by atoms with Gasteiger partial charge >= 0.3 is 0 Å². The Morgan fingerprint density at radius 3 is 2.43 bits per heavy atom. The van der Waals surface area contributed by atoms with Gasteiger partial charge in [-0.3, -0.25) is 4.90 Å². The smallest absolute Gasteiger partial charge is 0.128 e. The molecule has 1 aromatic carbocycles. The minimum Gasteiger partial charge on any atom is -0.388 e. The summed E-state index contributed by atoms with van der Waals surface area (Å²) in [5, 5.41) is 10.2. The van der Waals surface area contributed by atoms with Gasteiger partial charge in [-0.2, -0.15) is 0 Å². The second-order valence-corrected chi connectivity index (χ2v) is 5.87. The van der Waals surface area contributed by atoms with E-state index in [9.17, 15) is 9.50 Å². The highest BCUT2D eigenvalue weighted by Gasteiger charge is 2.18. The third kappa shape index (κ3) is 4.27. The molecule has 122 valence electrons. The van der Waals surface area contributed by atoms with Crippen LogP contribution in [0.4, 0.5) is 10.2 Å². The molecule has 3 rings (SSSR count). The Kier molecular flexibility index (Phi) is 5.20. The second-order valence-electron chi connectivity index (χ2n) is 5.87. The summed E-state index contributed by atoms with van der Waals surface area (Å²) in [5.41, 5.74) is 0.776. The first-order valence-electron chi connectivity index (χ1n) is 8.04. The van der Waals surface area contributed by atoms with Crippen LogP contribution in [0.25, 0.3) is 0 Å². The maximum absolute atomic E-state index is 12.9. The first-order chi connectivity index (χ1) is 11.2. The maximum atomic E-state index is 12.9. The van der Waals surface area contributed by atoms with Crippen molar-refractivity contribution in [2.75, 3.05) is 37.6 Å². The lowest BCUT2D eigenvalue weighted by atomic mass is 10.1. The van der Waals surface area contributed by atoms with E-state index in [0.29, 0.717) is 6.42 Å².